The Morgan fingerprint density at radius 1 is 0.846 bits per heavy atom. The number of benzene rings is 2. The van der Waals surface area contributed by atoms with Gasteiger partial charge in [0.1, 0.15) is 0 Å². The van der Waals surface area contributed by atoms with Crippen molar-refractivity contribution in [2.24, 2.45) is 0 Å². The van der Waals surface area contributed by atoms with Crippen LogP contribution in [-0.4, -0.2) is 9.97 Å². The second-order valence-corrected chi connectivity index (χ2v) is 7.38. The number of aryl methyl sites for hydroxylation is 2. The van der Waals surface area contributed by atoms with Crippen molar-refractivity contribution in [3.8, 4) is 22.6 Å². The van der Waals surface area contributed by atoms with Gasteiger partial charge < -0.3 is 4.98 Å². The van der Waals surface area contributed by atoms with Crippen LogP contribution in [0.2, 0.25) is 0 Å². The Bertz CT molecular complexity index is 1070. The first kappa shape index (κ1) is 16.6. The number of hydrogen-bond donors (Lipinski definition) is 1. The number of fused-ring (bicyclic) bond motifs is 1. The molecule has 0 amide bonds. The van der Waals surface area contributed by atoms with Crippen LogP contribution in [0.15, 0.2) is 60.7 Å². The molecule has 2 aromatic carbocycles. The molecule has 0 radical (unpaired) electrons. The molecule has 0 spiro atoms. The summed E-state index contributed by atoms with van der Waals surface area (Å²) in [6, 6.07) is 21.6. The molecule has 26 heavy (non-hydrogen) atoms. The quantitative estimate of drug-likeness (QED) is 0.445. The molecule has 0 bridgehead atoms. The Morgan fingerprint density at radius 2 is 1.58 bits per heavy atom. The molecule has 0 atom stereocenters. The number of para-hydroxylation sites is 1. The topological polar surface area (TPSA) is 28.7 Å². The van der Waals surface area contributed by atoms with E-state index in [-0.39, 0.29) is 0 Å². The summed E-state index contributed by atoms with van der Waals surface area (Å²) in [7, 11) is 0. The van der Waals surface area contributed by atoms with Crippen LogP contribution >= 0.6 is 0 Å². The van der Waals surface area contributed by atoms with E-state index in [0.29, 0.717) is 5.92 Å². The second kappa shape index (κ2) is 6.45. The van der Waals surface area contributed by atoms with Gasteiger partial charge in [0.2, 0.25) is 0 Å². The second-order valence-electron chi connectivity index (χ2n) is 7.38. The third-order valence-electron chi connectivity index (χ3n) is 4.99. The number of hydrogen-bond acceptors (Lipinski definition) is 1. The molecular weight excluding hydrogens is 316 g/mol. The fraction of sp³-hybridized carbons (Fsp3) is 0.208. The molecule has 0 fully saturated rings. The third-order valence-corrected chi connectivity index (χ3v) is 4.99. The lowest BCUT2D eigenvalue weighted by Crippen LogP contribution is -1.96. The monoisotopic (exact) mass is 340 g/mol. The van der Waals surface area contributed by atoms with Gasteiger partial charge in [-0.1, -0.05) is 61.9 Å². The molecule has 1 N–H and O–H groups in total. The van der Waals surface area contributed by atoms with Gasteiger partial charge >= 0.3 is 0 Å². The fourth-order valence-corrected chi connectivity index (χ4v) is 3.50. The minimum atomic E-state index is 0.452. The van der Waals surface area contributed by atoms with E-state index >= 15 is 0 Å². The predicted molar refractivity (Wildman–Crippen MR) is 111 cm³/mol. The Labute approximate surface area is 154 Å². The van der Waals surface area contributed by atoms with E-state index < -0.39 is 0 Å². The SMILES string of the molecule is Cc1ccc(-c2ccc(-c3nc4c(C(C)C)cccc4cc3C)[nH]2)cc1. The Balaban J connectivity index is 1.83. The summed E-state index contributed by atoms with van der Waals surface area (Å²) in [4.78, 5) is 8.61. The minimum absolute atomic E-state index is 0.452. The van der Waals surface area contributed by atoms with E-state index in [1.807, 2.05) is 0 Å². The largest absolute Gasteiger partial charge is 0.353 e. The predicted octanol–water partition coefficient (Wildman–Crippen LogP) is 6.64. The van der Waals surface area contributed by atoms with Gasteiger partial charge in [-0.25, -0.2) is 4.98 Å². The molecule has 130 valence electrons. The van der Waals surface area contributed by atoms with Crippen molar-refractivity contribution >= 4 is 10.9 Å². The van der Waals surface area contributed by atoms with E-state index in [1.54, 1.807) is 0 Å². The lowest BCUT2D eigenvalue weighted by atomic mass is 9.98. The summed E-state index contributed by atoms with van der Waals surface area (Å²) < 4.78 is 0. The lowest BCUT2D eigenvalue weighted by molar-refractivity contribution is 0.873. The van der Waals surface area contributed by atoms with Gasteiger partial charge in [-0.3, -0.25) is 0 Å². The molecule has 2 nitrogen and oxygen atoms in total. The number of rotatable bonds is 3. The lowest BCUT2D eigenvalue weighted by Gasteiger charge is -2.12. The van der Waals surface area contributed by atoms with Crippen LogP contribution < -0.4 is 0 Å². The maximum Gasteiger partial charge on any atom is 0.0901 e. The number of nitrogens with one attached hydrogen (secondary N) is 1. The normalized spacial score (nSPS) is 11.4. The highest BCUT2D eigenvalue weighted by Crippen LogP contribution is 2.30. The van der Waals surface area contributed by atoms with Crippen molar-refractivity contribution in [1.82, 2.24) is 9.97 Å². The van der Waals surface area contributed by atoms with E-state index in [1.165, 1.54) is 27.6 Å². The molecule has 2 heterocycles. The van der Waals surface area contributed by atoms with Gasteiger partial charge in [0.25, 0.3) is 0 Å². The number of aromatic nitrogens is 2. The maximum absolute atomic E-state index is 5.06. The minimum Gasteiger partial charge on any atom is -0.353 e. The molecule has 0 saturated heterocycles. The van der Waals surface area contributed by atoms with Crippen LogP contribution in [0.25, 0.3) is 33.5 Å². The smallest absolute Gasteiger partial charge is 0.0901 e. The first-order valence-electron chi connectivity index (χ1n) is 9.19. The number of nitrogens with zero attached hydrogens (tertiary/aromatic N) is 1. The zero-order chi connectivity index (χ0) is 18.3. The standard InChI is InChI=1S/C24H24N2/c1-15(2)20-7-5-6-19-14-17(4)23(26-24(19)20)22-13-12-21(25-22)18-10-8-16(3)9-11-18/h5-15,25H,1-4H3. The Hall–Kier alpha value is -2.87. The number of aromatic amines is 1. The molecule has 0 aliphatic carbocycles. The van der Waals surface area contributed by atoms with E-state index in [4.69, 9.17) is 4.98 Å². The Kier molecular flexibility index (Phi) is 4.12. The van der Waals surface area contributed by atoms with Crippen molar-refractivity contribution < 1.29 is 0 Å². The molecule has 0 aliphatic heterocycles. The average molecular weight is 340 g/mol. The molecule has 0 unspecified atom stereocenters. The average Bonchev–Trinajstić information content (AvgIpc) is 3.10. The van der Waals surface area contributed by atoms with Crippen LogP contribution in [0.1, 0.15) is 36.5 Å². The van der Waals surface area contributed by atoms with E-state index in [9.17, 15) is 0 Å². The van der Waals surface area contributed by atoms with Crippen molar-refractivity contribution in [3.05, 3.63) is 77.4 Å². The van der Waals surface area contributed by atoms with Crippen LogP contribution in [0, 0.1) is 13.8 Å². The highest BCUT2D eigenvalue weighted by Gasteiger charge is 2.12. The van der Waals surface area contributed by atoms with Gasteiger partial charge in [0, 0.05) is 11.1 Å². The van der Waals surface area contributed by atoms with Gasteiger partial charge in [0.15, 0.2) is 0 Å². The summed E-state index contributed by atoms with van der Waals surface area (Å²) in [5.41, 5.74) is 9.29. The van der Waals surface area contributed by atoms with Gasteiger partial charge in [-0.2, -0.15) is 0 Å². The number of H-pyrrole nitrogens is 1. The summed E-state index contributed by atoms with van der Waals surface area (Å²) in [5, 5.41) is 1.21. The van der Waals surface area contributed by atoms with Crippen molar-refractivity contribution in [1.29, 1.82) is 0 Å². The first-order valence-corrected chi connectivity index (χ1v) is 9.19. The molecule has 4 rings (SSSR count). The van der Waals surface area contributed by atoms with E-state index in [2.05, 4.69) is 93.3 Å². The zero-order valence-corrected chi connectivity index (χ0v) is 15.8. The molecular formula is C24H24N2. The molecule has 0 saturated carbocycles. The molecule has 4 aromatic rings. The highest BCUT2D eigenvalue weighted by molar-refractivity contribution is 5.86. The van der Waals surface area contributed by atoms with E-state index in [0.717, 1.165) is 22.6 Å². The highest BCUT2D eigenvalue weighted by atomic mass is 14.8. The van der Waals surface area contributed by atoms with Gasteiger partial charge in [0.05, 0.1) is 16.9 Å². The van der Waals surface area contributed by atoms with Gasteiger partial charge in [-0.05, 0) is 54.7 Å². The molecule has 2 heteroatoms. The van der Waals surface area contributed by atoms with Crippen LogP contribution in [0.5, 0.6) is 0 Å². The summed E-state index contributed by atoms with van der Waals surface area (Å²) in [5.74, 6) is 0.452. The Morgan fingerprint density at radius 3 is 2.31 bits per heavy atom. The number of pyridine rings is 1. The fourth-order valence-electron chi connectivity index (χ4n) is 3.50. The van der Waals surface area contributed by atoms with Gasteiger partial charge in [-0.15, -0.1) is 0 Å². The van der Waals surface area contributed by atoms with Crippen molar-refractivity contribution in [2.45, 2.75) is 33.6 Å². The van der Waals surface area contributed by atoms with Crippen molar-refractivity contribution in [2.75, 3.05) is 0 Å². The van der Waals surface area contributed by atoms with Crippen LogP contribution in [0.3, 0.4) is 0 Å². The maximum atomic E-state index is 5.06. The van der Waals surface area contributed by atoms with Crippen LogP contribution in [0.4, 0.5) is 0 Å². The summed E-state index contributed by atoms with van der Waals surface area (Å²) in [6.45, 7) is 8.69. The summed E-state index contributed by atoms with van der Waals surface area (Å²) in [6.07, 6.45) is 0. The summed E-state index contributed by atoms with van der Waals surface area (Å²) >= 11 is 0. The van der Waals surface area contributed by atoms with Crippen LogP contribution in [-0.2, 0) is 0 Å². The first-order chi connectivity index (χ1) is 12.5. The molecule has 2 aromatic heterocycles. The molecule has 0 aliphatic rings. The zero-order valence-electron chi connectivity index (χ0n) is 15.8. The van der Waals surface area contributed by atoms with Crippen molar-refractivity contribution in [3.63, 3.8) is 0 Å². The third kappa shape index (κ3) is 2.92.